The number of aliphatic carboxylic acids is 1. The van der Waals surface area contributed by atoms with Gasteiger partial charge in [-0.25, -0.2) is 4.68 Å². The second-order valence-corrected chi connectivity index (χ2v) is 6.09. The topological polar surface area (TPSA) is 93.5 Å². The monoisotopic (exact) mass is 343 g/mol. The van der Waals surface area contributed by atoms with Gasteiger partial charge in [-0.15, -0.1) is 0 Å². The van der Waals surface area contributed by atoms with Gasteiger partial charge in [-0.2, -0.15) is 5.10 Å². The van der Waals surface area contributed by atoms with E-state index in [9.17, 15) is 14.7 Å². The van der Waals surface area contributed by atoms with Crippen LogP contribution in [-0.4, -0.2) is 46.5 Å². The van der Waals surface area contributed by atoms with Crippen LogP contribution in [0.25, 0.3) is 5.69 Å². The number of carbonyl (C=O) groups is 2. The molecule has 1 atom stereocenters. The lowest BCUT2D eigenvalue weighted by Gasteiger charge is -2.27. The molecule has 1 aromatic carbocycles. The highest BCUT2D eigenvalue weighted by Gasteiger charge is 2.30. The maximum Gasteiger partial charge on any atom is 0.308 e. The number of hydrogen-bond donors (Lipinski definition) is 2. The number of aromatic nitrogens is 2. The Labute approximate surface area is 145 Å². The Morgan fingerprint density at radius 3 is 2.64 bits per heavy atom. The summed E-state index contributed by atoms with van der Waals surface area (Å²) in [6.07, 6.45) is 3.11. The third-order valence-corrected chi connectivity index (χ3v) is 4.48. The van der Waals surface area contributed by atoms with Crippen molar-refractivity contribution >= 4 is 11.9 Å². The van der Waals surface area contributed by atoms with Gasteiger partial charge in [0.15, 0.2) is 5.69 Å². The average molecular weight is 343 g/mol. The predicted octanol–water partition coefficient (Wildman–Crippen LogP) is 1.73. The largest absolute Gasteiger partial charge is 0.481 e. The zero-order chi connectivity index (χ0) is 17.6. The summed E-state index contributed by atoms with van der Waals surface area (Å²) in [7, 11) is 0. The Hall–Kier alpha value is -2.67. The summed E-state index contributed by atoms with van der Waals surface area (Å²) in [5, 5.41) is 16.4. The van der Waals surface area contributed by atoms with Crippen molar-refractivity contribution in [3.63, 3.8) is 0 Å². The van der Waals surface area contributed by atoms with E-state index in [0.29, 0.717) is 26.1 Å². The van der Waals surface area contributed by atoms with E-state index in [2.05, 4.69) is 10.4 Å². The van der Waals surface area contributed by atoms with Crippen LogP contribution in [0.2, 0.25) is 0 Å². The van der Waals surface area contributed by atoms with Crippen LogP contribution in [0.4, 0.5) is 0 Å². The lowest BCUT2D eigenvalue weighted by molar-refractivity contribution is -0.144. The van der Waals surface area contributed by atoms with Crippen molar-refractivity contribution in [3.8, 4) is 5.69 Å². The highest BCUT2D eigenvalue weighted by atomic mass is 16.5. The molecule has 2 aromatic rings. The fourth-order valence-electron chi connectivity index (χ4n) is 3.04. The van der Waals surface area contributed by atoms with E-state index in [1.807, 2.05) is 30.3 Å². The molecule has 2 heterocycles. The molecule has 1 saturated heterocycles. The molecule has 2 N–H and O–H groups in total. The van der Waals surface area contributed by atoms with Crippen LogP contribution in [0, 0.1) is 11.8 Å². The molecular formula is C18H21N3O4. The molecule has 1 aliphatic heterocycles. The Kier molecular flexibility index (Phi) is 5.45. The lowest BCUT2D eigenvalue weighted by atomic mass is 9.86. The smallest absolute Gasteiger partial charge is 0.308 e. The summed E-state index contributed by atoms with van der Waals surface area (Å²) in [5.41, 5.74) is 1.12. The molecule has 0 saturated carbocycles. The Balaban J connectivity index is 1.61. The first-order valence-corrected chi connectivity index (χ1v) is 8.35. The first-order valence-electron chi connectivity index (χ1n) is 8.35. The van der Waals surface area contributed by atoms with Gasteiger partial charge in [-0.1, -0.05) is 18.2 Å². The summed E-state index contributed by atoms with van der Waals surface area (Å²) < 4.78 is 6.89. The van der Waals surface area contributed by atoms with E-state index in [1.165, 1.54) is 0 Å². The van der Waals surface area contributed by atoms with Gasteiger partial charge in [-0.3, -0.25) is 9.59 Å². The van der Waals surface area contributed by atoms with Crippen molar-refractivity contribution < 1.29 is 19.4 Å². The van der Waals surface area contributed by atoms with Gasteiger partial charge in [0.2, 0.25) is 0 Å². The zero-order valence-electron chi connectivity index (χ0n) is 13.8. The number of para-hydroxylation sites is 1. The summed E-state index contributed by atoms with van der Waals surface area (Å²) >= 11 is 0. The first kappa shape index (κ1) is 17.2. The van der Waals surface area contributed by atoms with Crippen molar-refractivity contribution in [2.75, 3.05) is 19.8 Å². The van der Waals surface area contributed by atoms with E-state index >= 15 is 0 Å². The molecule has 1 amide bonds. The number of carboxylic acid groups (broad SMARTS) is 1. The van der Waals surface area contributed by atoms with Crippen LogP contribution in [0.3, 0.4) is 0 Å². The van der Waals surface area contributed by atoms with E-state index in [4.69, 9.17) is 4.74 Å². The molecule has 0 radical (unpaired) electrons. The van der Waals surface area contributed by atoms with E-state index < -0.39 is 11.9 Å². The van der Waals surface area contributed by atoms with Crippen molar-refractivity contribution in [1.29, 1.82) is 0 Å². The molecule has 3 rings (SSSR count). The first-order chi connectivity index (χ1) is 12.1. The van der Waals surface area contributed by atoms with Gasteiger partial charge >= 0.3 is 5.97 Å². The van der Waals surface area contributed by atoms with Gasteiger partial charge in [0.1, 0.15) is 0 Å². The number of carboxylic acids is 1. The fraction of sp³-hybridized carbons (Fsp3) is 0.389. The normalized spacial score (nSPS) is 16.3. The number of benzene rings is 1. The van der Waals surface area contributed by atoms with Crippen LogP contribution in [0.15, 0.2) is 42.6 Å². The number of hydrogen-bond acceptors (Lipinski definition) is 4. The molecule has 25 heavy (non-hydrogen) atoms. The minimum Gasteiger partial charge on any atom is -0.481 e. The molecule has 1 fully saturated rings. The number of ether oxygens (including phenoxy) is 1. The minimum absolute atomic E-state index is 0.0217. The Morgan fingerprint density at radius 1 is 1.24 bits per heavy atom. The third kappa shape index (κ3) is 4.24. The number of nitrogens with one attached hydrogen (secondary N) is 1. The molecule has 1 aliphatic rings. The van der Waals surface area contributed by atoms with Crippen molar-refractivity contribution in [2.24, 2.45) is 11.8 Å². The minimum atomic E-state index is -0.887. The standard InChI is InChI=1S/C18H21N3O4/c22-17(16-6-9-21(20-16)14-4-2-1-3-5-14)19-12-15(18(23)24)13-7-10-25-11-8-13/h1-6,9,13,15H,7-8,10-12H2,(H,19,22)(H,23,24). The molecule has 0 bridgehead atoms. The molecule has 1 aromatic heterocycles. The number of nitrogens with zero attached hydrogens (tertiary/aromatic N) is 2. The maximum absolute atomic E-state index is 12.3. The molecule has 7 nitrogen and oxygen atoms in total. The van der Waals surface area contributed by atoms with Gasteiger partial charge < -0.3 is 15.2 Å². The summed E-state index contributed by atoms with van der Waals surface area (Å²) in [6.45, 7) is 1.24. The molecule has 7 heteroatoms. The number of amides is 1. The maximum atomic E-state index is 12.3. The highest BCUT2D eigenvalue weighted by molar-refractivity contribution is 5.92. The molecule has 132 valence electrons. The van der Waals surface area contributed by atoms with Gasteiger partial charge in [-0.05, 0) is 37.0 Å². The SMILES string of the molecule is O=C(NCC(C(=O)O)C1CCOCC1)c1ccn(-c2ccccc2)n1. The van der Waals surface area contributed by atoms with Gasteiger partial charge in [0.05, 0.1) is 11.6 Å². The Morgan fingerprint density at radius 2 is 1.96 bits per heavy atom. The predicted molar refractivity (Wildman–Crippen MR) is 90.6 cm³/mol. The molecular weight excluding hydrogens is 322 g/mol. The van der Waals surface area contributed by atoms with E-state index in [0.717, 1.165) is 5.69 Å². The van der Waals surface area contributed by atoms with Crippen LogP contribution in [0.1, 0.15) is 23.3 Å². The molecule has 0 spiro atoms. The second-order valence-electron chi connectivity index (χ2n) is 6.09. The number of carbonyl (C=O) groups excluding carboxylic acids is 1. The third-order valence-electron chi connectivity index (χ3n) is 4.48. The number of rotatable bonds is 6. The summed E-state index contributed by atoms with van der Waals surface area (Å²) in [6, 6.07) is 11.1. The van der Waals surface area contributed by atoms with Crippen LogP contribution < -0.4 is 5.32 Å². The van der Waals surface area contributed by atoms with E-state index in [1.54, 1.807) is 16.9 Å². The zero-order valence-corrected chi connectivity index (χ0v) is 13.8. The van der Waals surface area contributed by atoms with Gasteiger partial charge in [0.25, 0.3) is 5.91 Å². The molecule has 0 aliphatic carbocycles. The van der Waals surface area contributed by atoms with Crippen molar-refractivity contribution in [2.45, 2.75) is 12.8 Å². The summed E-state index contributed by atoms with van der Waals surface area (Å²) in [4.78, 5) is 23.8. The van der Waals surface area contributed by atoms with Gasteiger partial charge in [0, 0.05) is 26.0 Å². The average Bonchev–Trinajstić information content (AvgIpc) is 3.13. The van der Waals surface area contributed by atoms with Crippen molar-refractivity contribution in [1.82, 2.24) is 15.1 Å². The van der Waals surface area contributed by atoms with Crippen LogP contribution in [-0.2, 0) is 9.53 Å². The quantitative estimate of drug-likeness (QED) is 0.833. The lowest BCUT2D eigenvalue weighted by Crippen LogP contribution is -2.39. The molecule has 1 unspecified atom stereocenters. The Bertz CT molecular complexity index is 723. The van der Waals surface area contributed by atoms with Crippen LogP contribution in [0.5, 0.6) is 0 Å². The van der Waals surface area contributed by atoms with Crippen molar-refractivity contribution in [3.05, 3.63) is 48.3 Å². The highest BCUT2D eigenvalue weighted by Crippen LogP contribution is 2.23. The summed E-state index contributed by atoms with van der Waals surface area (Å²) in [5.74, 6) is -1.84. The van der Waals surface area contributed by atoms with E-state index in [-0.39, 0.29) is 24.1 Å². The van der Waals surface area contributed by atoms with Crippen LogP contribution >= 0.6 is 0 Å². The second kappa shape index (κ2) is 7.94. The fourth-order valence-corrected chi connectivity index (χ4v) is 3.04.